The van der Waals surface area contributed by atoms with Crippen molar-refractivity contribution in [1.29, 1.82) is 0 Å². The Morgan fingerprint density at radius 3 is 3.06 bits per heavy atom. The summed E-state index contributed by atoms with van der Waals surface area (Å²) in [6.45, 7) is 5.18. The van der Waals surface area contributed by atoms with Crippen LogP contribution in [0.4, 0.5) is 0 Å². The lowest BCUT2D eigenvalue weighted by molar-refractivity contribution is -0.0229. The number of aromatic nitrogens is 1. The summed E-state index contributed by atoms with van der Waals surface area (Å²) >= 11 is 1.76. The van der Waals surface area contributed by atoms with Gasteiger partial charge in [0.15, 0.2) is 0 Å². The third-order valence-electron chi connectivity index (χ3n) is 4.19. The highest BCUT2D eigenvalue weighted by molar-refractivity contribution is 7.09. The monoisotopic (exact) mass is 267 g/mol. The van der Waals surface area contributed by atoms with Crippen LogP contribution in [0.25, 0.3) is 0 Å². The summed E-state index contributed by atoms with van der Waals surface area (Å²) in [5.41, 5.74) is 0. The summed E-state index contributed by atoms with van der Waals surface area (Å²) in [5, 5.41) is 3.29. The molecule has 0 spiro atoms. The van der Waals surface area contributed by atoms with Crippen LogP contribution in [0, 0.1) is 11.8 Å². The molecule has 3 rings (SSSR count). The van der Waals surface area contributed by atoms with Gasteiger partial charge in [0.25, 0.3) is 0 Å². The van der Waals surface area contributed by atoms with Gasteiger partial charge >= 0.3 is 0 Å². The first-order valence-corrected chi connectivity index (χ1v) is 7.47. The lowest BCUT2D eigenvalue weighted by Gasteiger charge is -2.37. The maximum absolute atomic E-state index is 5.76. The molecule has 0 aromatic carbocycles. The first kappa shape index (κ1) is 12.5. The minimum atomic E-state index is 0.574. The Morgan fingerprint density at radius 1 is 1.44 bits per heavy atom. The number of likely N-dealkylation sites (tertiary alicyclic amines) is 1. The molecule has 3 atom stereocenters. The molecular weight excluding hydrogens is 246 g/mol. The summed E-state index contributed by atoms with van der Waals surface area (Å²) in [5.74, 6) is 1.46. The molecule has 5 heteroatoms. The summed E-state index contributed by atoms with van der Waals surface area (Å²) in [4.78, 5) is 9.25. The minimum absolute atomic E-state index is 0.574. The van der Waals surface area contributed by atoms with Crippen LogP contribution < -0.4 is 0 Å². The standard InChI is InChI=1S/C13H21N3OS/c1-15(2)12-9-17-8-10-5-16(6-11(10)12)7-13-14-3-4-18-13/h3-4,10-12H,5-9H2,1-2H3/t10-,11-,12-/m1/s1. The molecule has 2 aliphatic heterocycles. The topological polar surface area (TPSA) is 28.6 Å². The molecule has 100 valence electrons. The van der Waals surface area contributed by atoms with E-state index in [2.05, 4.69) is 34.3 Å². The molecule has 0 unspecified atom stereocenters. The number of thiazole rings is 1. The van der Waals surface area contributed by atoms with E-state index in [0.717, 1.165) is 32.2 Å². The molecule has 2 saturated heterocycles. The Kier molecular flexibility index (Phi) is 3.66. The molecular formula is C13H21N3OS. The van der Waals surface area contributed by atoms with E-state index in [0.29, 0.717) is 12.0 Å². The number of rotatable bonds is 3. The second kappa shape index (κ2) is 5.25. The Hall–Kier alpha value is -0.490. The number of hydrogen-bond donors (Lipinski definition) is 0. The fourth-order valence-corrected chi connectivity index (χ4v) is 3.91. The van der Waals surface area contributed by atoms with Gasteiger partial charge in [-0.1, -0.05) is 0 Å². The van der Waals surface area contributed by atoms with Crippen LogP contribution in [0.3, 0.4) is 0 Å². The molecule has 2 aliphatic rings. The number of likely N-dealkylation sites (N-methyl/N-ethyl adjacent to an activating group) is 1. The van der Waals surface area contributed by atoms with Crippen LogP contribution in [-0.2, 0) is 11.3 Å². The number of ether oxygens (including phenoxy) is 1. The average molecular weight is 267 g/mol. The highest BCUT2D eigenvalue weighted by Gasteiger charge is 2.41. The molecule has 0 aliphatic carbocycles. The van der Waals surface area contributed by atoms with Crippen molar-refractivity contribution in [2.45, 2.75) is 12.6 Å². The summed E-state index contributed by atoms with van der Waals surface area (Å²) in [7, 11) is 4.33. The molecule has 2 fully saturated rings. The van der Waals surface area contributed by atoms with Crippen LogP contribution in [0.2, 0.25) is 0 Å². The predicted octanol–water partition coefficient (Wildman–Crippen LogP) is 1.15. The first-order valence-electron chi connectivity index (χ1n) is 6.59. The third-order valence-corrected chi connectivity index (χ3v) is 4.95. The Morgan fingerprint density at radius 2 is 2.33 bits per heavy atom. The van der Waals surface area contributed by atoms with Gasteiger partial charge in [0, 0.05) is 36.6 Å². The highest BCUT2D eigenvalue weighted by Crippen LogP contribution is 2.32. The second-order valence-corrected chi connectivity index (χ2v) is 6.59. The zero-order valence-corrected chi connectivity index (χ0v) is 11.9. The van der Waals surface area contributed by atoms with Gasteiger partial charge in [0.2, 0.25) is 0 Å². The fraction of sp³-hybridized carbons (Fsp3) is 0.769. The smallest absolute Gasteiger partial charge is 0.107 e. The van der Waals surface area contributed by atoms with E-state index in [1.807, 2.05) is 6.20 Å². The molecule has 1 aromatic heterocycles. The maximum Gasteiger partial charge on any atom is 0.107 e. The third kappa shape index (κ3) is 2.45. The van der Waals surface area contributed by atoms with E-state index in [4.69, 9.17) is 4.74 Å². The van der Waals surface area contributed by atoms with Gasteiger partial charge in [-0.2, -0.15) is 0 Å². The summed E-state index contributed by atoms with van der Waals surface area (Å²) < 4.78 is 5.76. The molecule has 3 heterocycles. The van der Waals surface area contributed by atoms with Crippen LogP contribution >= 0.6 is 11.3 Å². The van der Waals surface area contributed by atoms with Crippen molar-refractivity contribution in [2.24, 2.45) is 11.8 Å². The van der Waals surface area contributed by atoms with E-state index >= 15 is 0 Å². The molecule has 0 saturated carbocycles. The van der Waals surface area contributed by atoms with E-state index in [1.54, 1.807) is 11.3 Å². The Bertz CT molecular complexity index is 382. The van der Waals surface area contributed by atoms with E-state index in [1.165, 1.54) is 11.6 Å². The molecule has 4 nitrogen and oxygen atoms in total. The number of fused-ring (bicyclic) bond motifs is 1. The normalized spacial score (nSPS) is 32.9. The maximum atomic E-state index is 5.76. The van der Waals surface area contributed by atoms with Crippen molar-refractivity contribution >= 4 is 11.3 Å². The van der Waals surface area contributed by atoms with Crippen LogP contribution in [-0.4, -0.2) is 61.2 Å². The SMILES string of the molecule is CN(C)[C@@H]1COC[C@H]2CN(Cc3nccs3)C[C@H]21. The van der Waals surface area contributed by atoms with Gasteiger partial charge in [-0.3, -0.25) is 4.90 Å². The highest BCUT2D eigenvalue weighted by atomic mass is 32.1. The van der Waals surface area contributed by atoms with Gasteiger partial charge in [-0.05, 0) is 20.0 Å². The number of hydrogen-bond acceptors (Lipinski definition) is 5. The molecule has 0 N–H and O–H groups in total. The van der Waals surface area contributed by atoms with Gasteiger partial charge in [-0.15, -0.1) is 11.3 Å². The van der Waals surface area contributed by atoms with Crippen LogP contribution in [0.5, 0.6) is 0 Å². The van der Waals surface area contributed by atoms with Crippen LogP contribution in [0.1, 0.15) is 5.01 Å². The van der Waals surface area contributed by atoms with Crippen molar-refractivity contribution < 1.29 is 4.74 Å². The van der Waals surface area contributed by atoms with Crippen molar-refractivity contribution in [1.82, 2.24) is 14.8 Å². The lowest BCUT2D eigenvalue weighted by atomic mass is 9.87. The number of nitrogens with zero attached hydrogens (tertiary/aromatic N) is 3. The molecule has 18 heavy (non-hydrogen) atoms. The quantitative estimate of drug-likeness (QED) is 0.821. The fourth-order valence-electron chi connectivity index (χ4n) is 3.25. The summed E-state index contributed by atoms with van der Waals surface area (Å²) in [6.07, 6.45) is 1.90. The molecule has 1 aromatic rings. The van der Waals surface area contributed by atoms with Gasteiger partial charge < -0.3 is 9.64 Å². The second-order valence-electron chi connectivity index (χ2n) is 5.61. The zero-order valence-electron chi connectivity index (χ0n) is 11.1. The van der Waals surface area contributed by atoms with Gasteiger partial charge in [0.05, 0.1) is 19.8 Å². The first-order chi connectivity index (χ1) is 8.74. The lowest BCUT2D eigenvalue weighted by Crippen LogP contribution is -2.47. The van der Waals surface area contributed by atoms with E-state index < -0.39 is 0 Å². The average Bonchev–Trinajstić information content (AvgIpc) is 2.96. The Labute approximate surface area is 113 Å². The van der Waals surface area contributed by atoms with Crippen molar-refractivity contribution in [3.05, 3.63) is 16.6 Å². The predicted molar refractivity (Wildman–Crippen MR) is 72.7 cm³/mol. The van der Waals surface area contributed by atoms with Crippen molar-refractivity contribution in [2.75, 3.05) is 40.4 Å². The van der Waals surface area contributed by atoms with E-state index in [9.17, 15) is 0 Å². The molecule has 0 radical (unpaired) electrons. The molecule has 0 bridgehead atoms. The zero-order chi connectivity index (χ0) is 12.5. The van der Waals surface area contributed by atoms with Crippen LogP contribution in [0.15, 0.2) is 11.6 Å². The summed E-state index contributed by atoms with van der Waals surface area (Å²) in [6, 6.07) is 0.574. The minimum Gasteiger partial charge on any atom is -0.379 e. The van der Waals surface area contributed by atoms with Gasteiger partial charge in [0.1, 0.15) is 5.01 Å². The van der Waals surface area contributed by atoms with Crippen molar-refractivity contribution in [3.8, 4) is 0 Å². The Balaban J connectivity index is 1.65. The van der Waals surface area contributed by atoms with Gasteiger partial charge in [-0.25, -0.2) is 4.98 Å². The van der Waals surface area contributed by atoms with Crippen molar-refractivity contribution in [3.63, 3.8) is 0 Å². The largest absolute Gasteiger partial charge is 0.379 e. The van der Waals surface area contributed by atoms with E-state index in [-0.39, 0.29) is 0 Å². The molecule has 0 amide bonds.